The third-order valence-corrected chi connectivity index (χ3v) is 1.87. The fraction of sp³-hybridized carbons (Fsp3) is 0.333. The minimum atomic E-state index is -1.01. The normalized spacial score (nSPS) is 12.6. The van der Waals surface area contributed by atoms with Crippen molar-refractivity contribution in [2.24, 2.45) is 5.73 Å². The molecule has 78 valence electrons. The van der Waals surface area contributed by atoms with Gasteiger partial charge in [0.2, 0.25) is 0 Å². The van der Waals surface area contributed by atoms with Gasteiger partial charge in [0.05, 0.1) is 19.8 Å². The highest BCUT2D eigenvalue weighted by molar-refractivity contribution is 5.37. The summed E-state index contributed by atoms with van der Waals surface area (Å²) in [5.74, 6) is -1.88. The Labute approximate surface area is 80.1 Å². The number of methoxy groups -OCH3 is 1. The first-order valence-corrected chi connectivity index (χ1v) is 3.99. The summed E-state index contributed by atoms with van der Waals surface area (Å²) in [5.41, 5.74) is 5.71. The van der Waals surface area contributed by atoms with Gasteiger partial charge in [-0.15, -0.1) is 0 Å². The van der Waals surface area contributed by atoms with Crippen LogP contribution < -0.4 is 10.5 Å². The van der Waals surface area contributed by atoms with E-state index in [-0.39, 0.29) is 17.9 Å². The summed E-state index contributed by atoms with van der Waals surface area (Å²) < 4.78 is 30.4. The van der Waals surface area contributed by atoms with Crippen molar-refractivity contribution in [2.45, 2.75) is 6.04 Å². The standard InChI is InChI=1S/C9H11F2NO2/c1-14-9-3-7(11)6(10)2-5(9)8(12)4-13/h2-3,8,13H,4,12H2,1H3. The van der Waals surface area contributed by atoms with Crippen LogP contribution in [0.4, 0.5) is 8.78 Å². The maximum absolute atomic E-state index is 12.8. The molecule has 0 amide bonds. The molecule has 3 N–H and O–H groups in total. The van der Waals surface area contributed by atoms with Gasteiger partial charge in [-0.25, -0.2) is 8.78 Å². The molecule has 0 aliphatic carbocycles. The Bertz CT molecular complexity index is 331. The molecule has 0 saturated carbocycles. The van der Waals surface area contributed by atoms with E-state index in [2.05, 4.69) is 0 Å². The van der Waals surface area contributed by atoms with E-state index in [0.717, 1.165) is 12.1 Å². The molecule has 3 nitrogen and oxygen atoms in total. The molecule has 1 unspecified atom stereocenters. The molecule has 5 heteroatoms. The smallest absolute Gasteiger partial charge is 0.162 e. The highest BCUT2D eigenvalue weighted by Gasteiger charge is 2.15. The molecule has 0 bridgehead atoms. The second-order valence-electron chi connectivity index (χ2n) is 2.80. The van der Waals surface area contributed by atoms with Crippen LogP contribution in [0.3, 0.4) is 0 Å². The predicted molar refractivity (Wildman–Crippen MR) is 46.9 cm³/mol. The molecular formula is C9H11F2NO2. The van der Waals surface area contributed by atoms with Crippen LogP contribution in [0.15, 0.2) is 12.1 Å². The maximum Gasteiger partial charge on any atom is 0.162 e. The van der Waals surface area contributed by atoms with Gasteiger partial charge in [-0.2, -0.15) is 0 Å². The molecule has 0 aliphatic heterocycles. The lowest BCUT2D eigenvalue weighted by Gasteiger charge is -2.13. The summed E-state index contributed by atoms with van der Waals surface area (Å²) in [4.78, 5) is 0. The Morgan fingerprint density at radius 2 is 2.00 bits per heavy atom. The Kier molecular flexibility index (Phi) is 3.38. The molecule has 0 radical (unpaired) electrons. The van der Waals surface area contributed by atoms with Gasteiger partial charge >= 0.3 is 0 Å². The molecule has 0 fully saturated rings. The number of rotatable bonds is 3. The van der Waals surface area contributed by atoms with Crippen molar-refractivity contribution in [1.82, 2.24) is 0 Å². The summed E-state index contributed by atoms with van der Waals surface area (Å²) in [6.45, 7) is -0.360. The van der Waals surface area contributed by atoms with E-state index >= 15 is 0 Å². The summed E-state index contributed by atoms with van der Waals surface area (Å²) >= 11 is 0. The topological polar surface area (TPSA) is 55.5 Å². The minimum Gasteiger partial charge on any atom is -0.496 e. The van der Waals surface area contributed by atoms with Gasteiger partial charge < -0.3 is 15.6 Å². The number of aliphatic hydroxyl groups is 1. The first kappa shape index (κ1) is 10.9. The number of hydrogen-bond donors (Lipinski definition) is 2. The van der Waals surface area contributed by atoms with Crippen LogP contribution in [-0.4, -0.2) is 18.8 Å². The van der Waals surface area contributed by atoms with E-state index in [1.807, 2.05) is 0 Å². The fourth-order valence-electron chi connectivity index (χ4n) is 1.11. The van der Waals surface area contributed by atoms with Crippen LogP contribution in [0.5, 0.6) is 5.75 Å². The molecule has 0 aromatic heterocycles. The van der Waals surface area contributed by atoms with E-state index in [4.69, 9.17) is 15.6 Å². The van der Waals surface area contributed by atoms with Crippen LogP contribution in [0.2, 0.25) is 0 Å². The molecule has 0 heterocycles. The van der Waals surface area contributed by atoms with Crippen LogP contribution in [-0.2, 0) is 0 Å². The Balaban J connectivity index is 3.19. The summed E-state index contributed by atoms with van der Waals surface area (Å²) in [6, 6.07) is 1.05. The van der Waals surface area contributed by atoms with E-state index in [1.54, 1.807) is 0 Å². The second-order valence-corrected chi connectivity index (χ2v) is 2.80. The van der Waals surface area contributed by atoms with Gasteiger partial charge in [-0.3, -0.25) is 0 Å². The van der Waals surface area contributed by atoms with Gasteiger partial charge in [-0.05, 0) is 6.07 Å². The summed E-state index contributed by atoms with van der Waals surface area (Å²) in [6.07, 6.45) is 0. The highest BCUT2D eigenvalue weighted by Crippen LogP contribution is 2.26. The zero-order chi connectivity index (χ0) is 10.7. The zero-order valence-corrected chi connectivity index (χ0v) is 7.63. The number of benzene rings is 1. The molecule has 0 aliphatic rings. The van der Waals surface area contributed by atoms with Crippen molar-refractivity contribution in [3.63, 3.8) is 0 Å². The lowest BCUT2D eigenvalue weighted by molar-refractivity contribution is 0.264. The fourth-order valence-corrected chi connectivity index (χ4v) is 1.11. The van der Waals surface area contributed by atoms with Crippen molar-refractivity contribution in [2.75, 3.05) is 13.7 Å². The zero-order valence-electron chi connectivity index (χ0n) is 7.63. The molecular weight excluding hydrogens is 192 g/mol. The van der Waals surface area contributed by atoms with Gasteiger partial charge in [0, 0.05) is 11.6 Å². The third kappa shape index (κ3) is 2.00. The van der Waals surface area contributed by atoms with Crippen molar-refractivity contribution < 1.29 is 18.6 Å². The van der Waals surface area contributed by atoms with Crippen LogP contribution in [0.1, 0.15) is 11.6 Å². The van der Waals surface area contributed by atoms with E-state index in [0.29, 0.717) is 0 Å². The van der Waals surface area contributed by atoms with E-state index in [9.17, 15) is 8.78 Å². The lowest BCUT2D eigenvalue weighted by Crippen LogP contribution is -2.16. The quantitative estimate of drug-likeness (QED) is 0.769. The number of ether oxygens (including phenoxy) is 1. The molecule has 1 atom stereocenters. The molecule has 14 heavy (non-hydrogen) atoms. The van der Waals surface area contributed by atoms with Crippen molar-refractivity contribution in [3.05, 3.63) is 29.3 Å². The predicted octanol–water partition coefficient (Wildman–Crippen LogP) is 0.965. The second kappa shape index (κ2) is 4.34. The van der Waals surface area contributed by atoms with Crippen molar-refractivity contribution in [1.29, 1.82) is 0 Å². The molecule has 0 saturated heterocycles. The van der Waals surface area contributed by atoms with Crippen molar-refractivity contribution in [3.8, 4) is 5.75 Å². The molecule has 1 aromatic carbocycles. The van der Waals surface area contributed by atoms with Gasteiger partial charge in [0.25, 0.3) is 0 Å². The summed E-state index contributed by atoms with van der Waals surface area (Å²) in [7, 11) is 1.32. The average molecular weight is 203 g/mol. The molecule has 1 aromatic rings. The molecule has 0 spiro atoms. The Hall–Kier alpha value is -1.20. The molecule has 1 rings (SSSR count). The first-order chi connectivity index (χ1) is 6.60. The number of aliphatic hydroxyl groups excluding tert-OH is 1. The van der Waals surface area contributed by atoms with Gasteiger partial charge in [-0.1, -0.05) is 0 Å². The largest absolute Gasteiger partial charge is 0.496 e. The minimum absolute atomic E-state index is 0.130. The number of halogens is 2. The van der Waals surface area contributed by atoms with Gasteiger partial charge in [0.1, 0.15) is 5.75 Å². The van der Waals surface area contributed by atoms with E-state index < -0.39 is 17.7 Å². The van der Waals surface area contributed by atoms with Crippen LogP contribution >= 0.6 is 0 Å². The highest BCUT2D eigenvalue weighted by atomic mass is 19.2. The number of hydrogen-bond acceptors (Lipinski definition) is 3. The van der Waals surface area contributed by atoms with Crippen molar-refractivity contribution >= 4 is 0 Å². The SMILES string of the molecule is COc1cc(F)c(F)cc1C(N)CO. The average Bonchev–Trinajstić information content (AvgIpc) is 2.20. The van der Waals surface area contributed by atoms with Crippen LogP contribution in [0, 0.1) is 11.6 Å². The van der Waals surface area contributed by atoms with Crippen LogP contribution in [0.25, 0.3) is 0 Å². The summed E-state index contributed by atoms with van der Waals surface area (Å²) in [5, 5.41) is 8.77. The first-order valence-electron chi connectivity index (χ1n) is 3.99. The Morgan fingerprint density at radius 3 is 2.50 bits per heavy atom. The number of nitrogens with two attached hydrogens (primary N) is 1. The lowest BCUT2D eigenvalue weighted by atomic mass is 10.1. The third-order valence-electron chi connectivity index (χ3n) is 1.87. The maximum atomic E-state index is 12.8. The Morgan fingerprint density at radius 1 is 1.43 bits per heavy atom. The van der Waals surface area contributed by atoms with E-state index in [1.165, 1.54) is 7.11 Å². The van der Waals surface area contributed by atoms with Gasteiger partial charge in [0.15, 0.2) is 11.6 Å². The monoisotopic (exact) mass is 203 g/mol.